The minimum Gasteiger partial charge on any atom is -0.496 e. The number of aromatic nitrogens is 1. The van der Waals surface area contributed by atoms with Crippen molar-refractivity contribution in [1.82, 2.24) is 25.2 Å². The lowest BCUT2D eigenvalue weighted by Crippen LogP contribution is -2.59. The van der Waals surface area contributed by atoms with E-state index in [2.05, 4.69) is 28.0 Å². The van der Waals surface area contributed by atoms with Crippen molar-refractivity contribution >= 4 is 50.8 Å². The Morgan fingerprint density at radius 1 is 1.03 bits per heavy atom. The summed E-state index contributed by atoms with van der Waals surface area (Å²) in [5, 5.41) is 5.89. The predicted molar refractivity (Wildman–Crippen MR) is 223 cm³/mol. The van der Waals surface area contributed by atoms with Crippen molar-refractivity contribution in [3.8, 4) is 17.4 Å². The lowest BCUT2D eigenvalue weighted by Gasteiger charge is -2.36. The molecule has 2 aromatic rings. The third-order valence-corrected chi connectivity index (χ3v) is 15.1. The first-order valence-electron chi connectivity index (χ1n) is 21.7. The predicted octanol–water partition coefficient (Wildman–Crippen LogP) is 5.31. The number of fused-ring (bicyclic) bond motifs is 4. The maximum atomic E-state index is 15.1. The lowest BCUT2D eigenvalue weighted by atomic mass is 9.83. The van der Waals surface area contributed by atoms with Crippen LogP contribution in [0.1, 0.15) is 102 Å². The molecular formula is C44H57N5O10S. The molecule has 6 aliphatic rings. The van der Waals surface area contributed by atoms with Gasteiger partial charge < -0.3 is 34.5 Å². The topological polar surface area (TPSA) is 192 Å². The van der Waals surface area contributed by atoms with E-state index in [0.29, 0.717) is 73.4 Å². The Balaban J connectivity index is 1.18. The van der Waals surface area contributed by atoms with Gasteiger partial charge in [-0.2, -0.15) is 0 Å². The van der Waals surface area contributed by atoms with Crippen LogP contribution in [0.2, 0.25) is 0 Å². The van der Waals surface area contributed by atoms with Crippen LogP contribution in [0.3, 0.4) is 0 Å². The number of hydrogen-bond donors (Lipinski definition) is 3. The number of methoxy groups -OCH3 is 1. The number of ether oxygens (including phenoxy) is 4. The second-order valence-corrected chi connectivity index (χ2v) is 19.3. The molecule has 0 unspecified atom stereocenters. The highest BCUT2D eigenvalue weighted by molar-refractivity contribution is 7.91. The summed E-state index contributed by atoms with van der Waals surface area (Å²) in [4.78, 5) is 63.5. The van der Waals surface area contributed by atoms with Crippen LogP contribution in [0.25, 0.3) is 17.0 Å². The monoisotopic (exact) mass is 847 g/mol. The first-order valence-corrected chi connectivity index (χ1v) is 23.2. The van der Waals surface area contributed by atoms with Crippen molar-refractivity contribution in [1.29, 1.82) is 0 Å². The second-order valence-electron chi connectivity index (χ2n) is 17.3. The van der Waals surface area contributed by atoms with Gasteiger partial charge in [-0.15, -0.1) is 6.58 Å². The van der Waals surface area contributed by atoms with Crippen molar-refractivity contribution in [2.24, 2.45) is 17.8 Å². The van der Waals surface area contributed by atoms with Crippen LogP contribution >= 0.6 is 0 Å². The maximum absolute atomic E-state index is 15.1. The van der Waals surface area contributed by atoms with E-state index in [9.17, 15) is 22.8 Å². The molecule has 1 saturated heterocycles. The van der Waals surface area contributed by atoms with Crippen molar-refractivity contribution in [2.75, 3.05) is 20.3 Å². The molecule has 0 radical (unpaired) electrons. The molecule has 3 heterocycles. The first kappa shape index (κ1) is 41.9. The molecule has 4 amide bonds. The SMILES string of the molecule is C=C[C@@H]1C[C@]1(NC(=O)[C@@H]1C[C@@H]2CN1C(=O)[C@H](C1CCCCC1)NC(=O)O[C@@H]1CCCC[C@H]1C/C=C/c1cc3c(cc(OCC)nc3cc1OC)O2)C(=O)NS(=O)(=O)C1CC1. The summed E-state index contributed by atoms with van der Waals surface area (Å²) in [7, 11) is -2.32. The number of carbonyl (C=O) groups excluding carboxylic acids is 4. The van der Waals surface area contributed by atoms with E-state index in [4.69, 9.17) is 23.9 Å². The zero-order valence-electron chi connectivity index (χ0n) is 34.5. The number of allylic oxidation sites excluding steroid dienone is 1. The number of benzene rings is 1. The molecule has 1 aromatic heterocycles. The van der Waals surface area contributed by atoms with E-state index >= 15 is 4.79 Å². The summed E-state index contributed by atoms with van der Waals surface area (Å²) in [6.07, 6.45) is 13.4. The van der Waals surface area contributed by atoms with Crippen LogP contribution in [0.15, 0.2) is 36.9 Å². The molecular weight excluding hydrogens is 791 g/mol. The highest BCUT2D eigenvalue weighted by Crippen LogP contribution is 2.46. The Kier molecular flexibility index (Phi) is 12.0. The number of carbonyl (C=O) groups is 4. The second kappa shape index (κ2) is 17.3. The summed E-state index contributed by atoms with van der Waals surface area (Å²) in [6.45, 7) is 6.02. The third kappa shape index (κ3) is 8.66. The molecule has 4 bridgehead atoms. The molecule has 5 fully saturated rings. The number of hydrogen-bond acceptors (Lipinski definition) is 11. The lowest BCUT2D eigenvalue weighted by molar-refractivity contribution is -0.142. The van der Waals surface area contributed by atoms with Gasteiger partial charge in [0.05, 0.1) is 31.0 Å². The molecule has 1 aromatic carbocycles. The minimum atomic E-state index is -3.91. The van der Waals surface area contributed by atoms with Crippen LogP contribution in [0.4, 0.5) is 4.79 Å². The molecule has 7 atom stereocenters. The Labute approximate surface area is 351 Å². The van der Waals surface area contributed by atoms with Gasteiger partial charge in [-0.25, -0.2) is 18.2 Å². The van der Waals surface area contributed by atoms with Crippen molar-refractivity contribution in [3.63, 3.8) is 0 Å². The standard InChI is InChI=1S/C44H57N5O10S/c1-4-29-24-44(29,42(52)48-60(54,55)31-18-19-31)47-40(50)34-21-30-25-49(34)41(51)39(27-13-7-6-8-14-27)46-43(53)59-35-17-10-9-12-26(35)15-11-16-28-20-32-33(22-36(28)56-3)45-38(57-5-2)23-37(32)58-30/h4,11,16,20,22-23,26-27,29-31,34-35,39H,1,5-10,12-15,17-19,21,24-25H2,2-3H3,(H,46,53)(H,47,50)(H,48,52)/b16-11+/t26-,29+,30+,34-,35+,39-,44+/m0/s1. The fraction of sp³-hybridized carbons (Fsp3) is 0.614. The van der Waals surface area contributed by atoms with E-state index in [-0.39, 0.29) is 37.3 Å². The number of alkyl carbamates (subject to hydrolysis) is 1. The highest BCUT2D eigenvalue weighted by atomic mass is 32.2. The van der Waals surface area contributed by atoms with E-state index in [1.807, 2.05) is 25.1 Å². The van der Waals surface area contributed by atoms with Gasteiger partial charge in [-0.3, -0.25) is 19.1 Å². The maximum Gasteiger partial charge on any atom is 0.408 e. The Bertz CT molecular complexity index is 2150. The summed E-state index contributed by atoms with van der Waals surface area (Å²) in [6, 6.07) is 3.36. The third-order valence-electron chi connectivity index (χ3n) is 13.3. The van der Waals surface area contributed by atoms with Crippen LogP contribution < -0.4 is 29.6 Å². The summed E-state index contributed by atoms with van der Waals surface area (Å²) in [5.74, 6) is -1.18. The van der Waals surface area contributed by atoms with Crippen LogP contribution in [0, 0.1) is 17.8 Å². The van der Waals surface area contributed by atoms with Crippen molar-refractivity contribution < 1.29 is 46.5 Å². The van der Waals surface area contributed by atoms with E-state index in [1.54, 1.807) is 13.2 Å². The zero-order chi connectivity index (χ0) is 42.2. The number of amides is 4. The molecule has 8 rings (SSSR count). The van der Waals surface area contributed by atoms with E-state index < -0.39 is 68.7 Å². The zero-order valence-corrected chi connectivity index (χ0v) is 35.3. The van der Waals surface area contributed by atoms with Gasteiger partial charge in [0.1, 0.15) is 41.3 Å². The Morgan fingerprint density at radius 3 is 2.50 bits per heavy atom. The molecule has 0 spiro atoms. The largest absolute Gasteiger partial charge is 0.496 e. The Hall–Kier alpha value is -4.86. The minimum absolute atomic E-state index is 0.0155. The normalized spacial score (nSPS) is 30.4. The van der Waals surface area contributed by atoms with Gasteiger partial charge in [0.25, 0.3) is 5.91 Å². The molecule has 4 saturated carbocycles. The molecule has 3 N–H and O–H groups in total. The highest BCUT2D eigenvalue weighted by Gasteiger charge is 2.62. The summed E-state index contributed by atoms with van der Waals surface area (Å²) in [5.41, 5.74) is -0.199. The number of nitrogens with one attached hydrogen (secondary N) is 3. The van der Waals surface area contributed by atoms with Crippen molar-refractivity contribution in [3.05, 3.63) is 42.5 Å². The molecule has 4 aliphatic carbocycles. The van der Waals surface area contributed by atoms with Gasteiger partial charge in [0, 0.05) is 35.4 Å². The number of sulfonamides is 1. The van der Waals surface area contributed by atoms with E-state index in [0.717, 1.165) is 44.1 Å². The fourth-order valence-electron chi connectivity index (χ4n) is 9.71. The average Bonchev–Trinajstić information content (AvgIpc) is 4.17. The molecule has 324 valence electrons. The van der Waals surface area contributed by atoms with Gasteiger partial charge >= 0.3 is 6.09 Å². The molecule has 2 aliphatic heterocycles. The van der Waals surface area contributed by atoms with Gasteiger partial charge in [0.15, 0.2) is 0 Å². The Morgan fingerprint density at radius 2 is 1.78 bits per heavy atom. The smallest absolute Gasteiger partial charge is 0.408 e. The van der Waals surface area contributed by atoms with Gasteiger partial charge in [-0.05, 0) is 82.6 Å². The van der Waals surface area contributed by atoms with Crippen LogP contribution in [-0.2, 0) is 29.1 Å². The van der Waals surface area contributed by atoms with Gasteiger partial charge in [0.2, 0.25) is 27.7 Å². The van der Waals surface area contributed by atoms with E-state index in [1.165, 1.54) is 11.0 Å². The number of rotatable bonds is 10. The summed E-state index contributed by atoms with van der Waals surface area (Å²) < 4.78 is 52.5. The first-order chi connectivity index (χ1) is 28.9. The summed E-state index contributed by atoms with van der Waals surface area (Å²) >= 11 is 0. The molecule has 60 heavy (non-hydrogen) atoms. The van der Waals surface area contributed by atoms with Crippen molar-refractivity contribution in [2.45, 2.75) is 132 Å². The van der Waals surface area contributed by atoms with Gasteiger partial charge in [-0.1, -0.05) is 43.9 Å². The molecule has 16 heteroatoms. The fourth-order valence-corrected chi connectivity index (χ4v) is 11.1. The number of pyridine rings is 1. The molecule has 15 nitrogen and oxygen atoms in total. The van der Waals surface area contributed by atoms with Crippen LogP contribution in [0.5, 0.6) is 17.4 Å². The average molecular weight is 848 g/mol. The van der Waals surface area contributed by atoms with Crippen LogP contribution in [-0.4, -0.2) is 97.5 Å². The quantitative estimate of drug-likeness (QED) is 0.263. The number of nitrogens with zero attached hydrogens (tertiary/aromatic N) is 2.